The van der Waals surface area contributed by atoms with Crippen LogP contribution in [0.5, 0.6) is 0 Å². The molecule has 0 spiro atoms. The summed E-state index contributed by atoms with van der Waals surface area (Å²) in [6.07, 6.45) is 1.77. The molecule has 0 aliphatic carbocycles. The third kappa shape index (κ3) is 2.49. The number of nitrogens with zero attached hydrogens (tertiary/aromatic N) is 2. The molecule has 0 aromatic carbocycles. The fraction of sp³-hybridized carbons (Fsp3) is 0.500. The molecule has 1 saturated heterocycles. The highest BCUT2D eigenvalue weighted by Crippen LogP contribution is 2.20. The van der Waals surface area contributed by atoms with Gasteiger partial charge in [0.15, 0.2) is 0 Å². The fourth-order valence-corrected chi connectivity index (χ4v) is 2.01. The maximum absolute atomic E-state index is 11.6. The fourth-order valence-electron chi connectivity index (χ4n) is 2.01. The van der Waals surface area contributed by atoms with Crippen LogP contribution in [0.3, 0.4) is 0 Å². The van der Waals surface area contributed by atoms with Crippen molar-refractivity contribution in [1.29, 1.82) is 0 Å². The van der Waals surface area contributed by atoms with E-state index in [0.717, 1.165) is 24.6 Å². The van der Waals surface area contributed by atoms with E-state index in [1.807, 2.05) is 26.0 Å². The van der Waals surface area contributed by atoms with E-state index >= 15 is 0 Å². The molecular formula is C12H18N4O. The van der Waals surface area contributed by atoms with Crippen LogP contribution in [0.15, 0.2) is 18.3 Å². The Bertz CT molecular complexity index is 407. The predicted molar refractivity (Wildman–Crippen MR) is 68.2 cm³/mol. The van der Waals surface area contributed by atoms with Gasteiger partial charge in [-0.25, -0.2) is 4.98 Å². The number of nitrogens with one attached hydrogen (secondary N) is 2. The van der Waals surface area contributed by atoms with Gasteiger partial charge in [-0.15, -0.1) is 0 Å². The molecule has 5 nitrogen and oxygen atoms in total. The number of carbonyl (C=O) groups excluding carboxylic acids is 1. The Morgan fingerprint density at radius 1 is 1.65 bits per heavy atom. The molecule has 2 heterocycles. The van der Waals surface area contributed by atoms with E-state index in [9.17, 15) is 4.79 Å². The van der Waals surface area contributed by atoms with Crippen LogP contribution in [0.1, 0.15) is 13.8 Å². The summed E-state index contributed by atoms with van der Waals surface area (Å²) in [6, 6.07) is 3.80. The van der Waals surface area contributed by atoms with Gasteiger partial charge in [0.2, 0.25) is 5.91 Å². The first-order valence-electron chi connectivity index (χ1n) is 5.96. The Morgan fingerprint density at radius 2 is 2.47 bits per heavy atom. The highest BCUT2D eigenvalue weighted by atomic mass is 16.2. The highest BCUT2D eigenvalue weighted by Gasteiger charge is 2.25. The summed E-state index contributed by atoms with van der Waals surface area (Å²) in [5.41, 5.74) is 1.04. The van der Waals surface area contributed by atoms with Crippen LogP contribution in [-0.2, 0) is 4.79 Å². The lowest BCUT2D eigenvalue weighted by molar-refractivity contribution is -0.122. The van der Waals surface area contributed by atoms with E-state index in [0.29, 0.717) is 6.54 Å². The summed E-state index contributed by atoms with van der Waals surface area (Å²) < 4.78 is 0. The van der Waals surface area contributed by atoms with E-state index in [1.165, 1.54) is 0 Å². The molecule has 1 aromatic rings. The van der Waals surface area contributed by atoms with Gasteiger partial charge in [0.25, 0.3) is 0 Å². The van der Waals surface area contributed by atoms with Crippen molar-refractivity contribution in [2.75, 3.05) is 29.9 Å². The van der Waals surface area contributed by atoms with E-state index in [-0.39, 0.29) is 11.9 Å². The average molecular weight is 234 g/mol. The number of hydrogen-bond acceptors (Lipinski definition) is 4. The van der Waals surface area contributed by atoms with Crippen molar-refractivity contribution < 1.29 is 4.79 Å². The van der Waals surface area contributed by atoms with Crippen LogP contribution in [0.4, 0.5) is 11.5 Å². The molecule has 1 unspecified atom stereocenters. The van der Waals surface area contributed by atoms with Gasteiger partial charge in [0.05, 0.1) is 0 Å². The first kappa shape index (κ1) is 11.7. The minimum absolute atomic E-state index is 0.0815. The van der Waals surface area contributed by atoms with E-state index in [2.05, 4.69) is 20.5 Å². The Kier molecular flexibility index (Phi) is 3.46. The highest BCUT2D eigenvalue weighted by molar-refractivity contribution is 5.86. The number of rotatable bonds is 3. The number of amides is 1. The smallest absolute Gasteiger partial charge is 0.242 e. The second-order valence-electron chi connectivity index (χ2n) is 4.09. The van der Waals surface area contributed by atoms with E-state index in [1.54, 1.807) is 6.20 Å². The molecule has 1 aliphatic heterocycles. The molecule has 2 rings (SSSR count). The molecule has 1 aromatic heterocycles. The van der Waals surface area contributed by atoms with E-state index in [4.69, 9.17) is 0 Å². The SMILES string of the molecule is CCNc1cc(N2CCNC(=O)C2C)ccn1. The summed E-state index contributed by atoms with van der Waals surface area (Å²) in [4.78, 5) is 17.9. The van der Waals surface area contributed by atoms with Gasteiger partial charge >= 0.3 is 0 Å². The van der Waals surface area contributed by atoms with Gasteiger partial charge in [-0.3, -0.25) is 4.79 Å². The lowest BCUT2D eigenvalue weighted by Gasteiger charge is -2.34. The van der Waals surface area contributed by atoms with Crippen molar-refractivity contribution in [2.24, 2.45) is 0 Å². The van der Waals surface area contributed by atoms with Crippen molar-refractivity contribution in [3.8, 4) is 0 Å². The summed E-state index contributed by atoms with van der Waals surface area (Å²) in [5, 5.41) is 6.03. The Balaban J connectivity index is 2.20. The van der Waals surface area contributed by atoms with Crippen LogP contribution in [0.25, 0.3) is 0 Å². The molecule has 1 aliphatic rings. The first-order chi connectivity index (χ1) is 8.22. The van der Waals surface area contributed by atoms with Crippen LogP contribution < -0.4 is 15.5 Å². The number of hydrogen-bond donors (Lipinski definition) is 2. The van der Waals surface area contributed by atoms with Gasteiger partial charge in [-0.1, -0.05) is 0 Å². The summed E-state index contributed by atoms with van der Waals surface area (Å²) in [5.74, 6) is 0.932. The Morgan fingerprint density at radius 3 is 3.24 bits per heavy atom. The second-order valence-corrected chi connectivity index (χ2v) is 4.09. The van der Waals surface area contributed by atoms with Gasteiger partial charge in [-0.2, -0.15) is 0 Å². The van der Waals surface area contributed by atoms with Crippen LogP contribution in [-0.4, -0.2) is 36.6 Å². The number of piperazine rings is 1. The molecule has 0 bridgehead atoms. The van der Waals surface area contributed by atoms with Crippen molar-refractivity contribution >= 4 is 17.4 Å². The molecule has 17 heavy (non-hydrogen) atoms. The summed E-state index contributed by atoms with van der Waals surface area (Å²) >= 11 is 0. The van der Waals surface area contributed by atoms with Crippen LogP contribution in [0.2, 0.25) is 0 Å². The van der Waals surface area contributed by atoms with Gasteiger partial charge in [0.1, 0.15) is 11.9 Å². The zero-order valence-electron chi connectivity index (χ0n) is 10.2. The number of carbonyl (C=O) groups is 1. The van der Waals surface area contributed by atoms with Crippen molar-refractivity contribution in [2.45, 2.75) is 19.9 Å². The zero-order valence-corrected chi connectivity index (χ0v) is 10.2. The summed E-state index contributed by atoms with van der Waals surface area (Å²) in [6.45, 7) is 6.32. The quantitative estimate of drug-likeness (QED) is 0.813. The molecule has 5 heteroatoms. The molecule has 92 valence electrons. The van der Waals surface area contributed by atoms with E-state index < -0.39 is 0 Å². The zero-order chi connectivity index (χ0) is 12.3. The number of anilines is 2. The Hall–Kier alpha value is -1.78. The molecule has 1 atom stereocenters. The lowest BCUT2D eigenvalue weighted by Crippen LogP contribution is -2.54. The van der Waals surface area contributed by atoms with Crippen molar-refractivity contribution in [1.82, 2.24) is 10.3 Å². The van der Waals surface area contributed by atoms with Gasteiger partial charge < -0.3 is 15.5 Å². The summed E-state index contributed by atoms with van der Waals surface area (Å²) in [7, 11) is 0. The van der Waals surface area contributed by atoms with Crippen LogP contribution in [0, 0.1) is 0 Å². The molecular weight excluding hydrogens is 216 g/mol. The Labute approximate surface area is 101 Å². The largest absolute Gasteiger partial charge is 0.370 e. The predicted octanol–water partition coefficient (Wildman–Crippen LogP) is 0.838. The molecule has 2 N–H and O–H groups in total. The standard InChI is InChI=1S/C12H18N4O/c1-3-13-11-8-10(4-5-14-11)16-7-6-15-12(17)9(16)2/h4-5,8-9H,3,6-7H2,1-2H3,(H,13,14)(H,15,17). The lowest BCUT2D eigenvalue weighted by atomic mass is 10.2. The van der Waals surface area contributed by atoms with Crippen molar-refractivity contribution in [3.63, 3.8) is 0 Å². The molecule has 0 radical (unpaired) electrons. The third-order valence-corrected chi connectivity index (χ3v) is 2.93. The van der Waals surface area contributed by atoms with Gasteiger partial charge in [0, 0.05) is 37.6 Å². The topological polar surface area (TPSA) is 57.3 Å². The maximum atomic E-state index is 11.6. The maximum Gasteiger partial charge on any atom is 0.242 e. The minimum Gasteiger partial charge on any atom is -0.370 e. The average Bonchev–Trinajstić information content (AvgIpc) is 2.33. The molecule has 1 amide bonds. The molecule has 1 fully saturated rings. The molecule has 0 saturated carbocycles. The third-order valence-electron chi connectivity index (χ3n) is 2.93. The van der Waals surface area contributed by atoms with Crippen molar-refractivity contribution in [3.05, 3.63) is 18.3 Å². The normalized spacial score (nSPS) is 20.0. The monoisotopic (exact) mass is 234 g/mol. The van der Waals surface area contributed by atoms with Crippen LogP contribution >= 0.6 is 0 Å². The number of pyridine rings is 1. The van der Waals surface area contributed by atoms with Gasteiger partial charge in [-0.05, 0) is 19.9 Å². The second kappa shape index (κ2) is 5.03. The first-order valence-corrected chi connectivity index (χ1v) is 5.96. The number of aromatic nitrogens is 1. The minimum atomic E-state index is -0.124.